The van der Waals surface area contributed by atoms with Crippen LogP contribution in [-0.2, 0) is 65.4 Å². The Morgan fingerprint density at radius 3 is 0.667 bits per heavy atom. The van der Waals surface area contributed by atoms with Crippen molar-refractivity contribution in [2.24, 2.45) is 11.8 Å². The van der Waals surface area contributed by atoms with Gasteiger partial charge in [0.05, 0.1) is 26.4 Å². The summed E-state index contributed by atoms with van der Waals surface area (Å²) < 4.78 is 68.7. The number of ether oxygens (including phenoxy) is 4. The Morgan fingerprint density at radius 1 is 0.265 bits per heavy atom. The molecule has 0 spiro atoms. The first-order valence-corrected chi connectivity index (χ1v) is 46.0. The molecule has 19 heteroatoms. The average molecular weight is 1490 g/mol. The Labute approximate surface area is 626 Å². The predicted octanol–water partition coefficient (Wildman–Crippen LogP) is 25.1. The Kier molecular flexibility index (Phi) is 73.1. The van der Waals surface area contributed by atoms with Crippen molar-refractivity contribution in [1.29, 1.82) is 0 Å². The van der Waals surface area contributed by atoms with Crippen LogP contribution in [0.15, 0.2) is 0 Å². The van der Waals surface area contributed by atoms with E-state index < -0.39 is 97.5 Å². The van der Waals surface area contributed by atoms with Crippen LogP contribution in [0.4, 0.5) is 0 Å². The summed E-state index contributed by atoms with van der Waals surface area (Å²) in [5.74, 6) is -0.579. The molecule has 0 rings (SSSR count). The van der Waals surface area contributed by atoms with Crippen molar-refractivity contribution < 1.29 is 80.2 Å². The fourth-order valence-corrected chi connectivity index (χ4v) is 14.5. The van der Waals surface area contributed by atoms with E-state index in [4.69, 9.17) is 37.0 Å². The van der Waals surface area contributed by atoms with Crippen molar-refractivity contribution in [1.82, 2.24) is 0 Å². The lowest BCUT2D eigenvalue weighted by atomic mass is 10.0. The van der Waals surface area contributed by atoms with Crippen LogP contribution in [0.5, 0.6) is 0 Å². The van der Waals surface area contributed by atoms with Crippen molar-refractivity contribution in [3.05, 3.63) is 0 Å². The van der Waals surface area contributed by atoms with Gasteiger partial charge in [-0.25, -0.2) is 9.13 Å². The molecule has 0 aromatic carbocycles. The van der Waals surface area contributed by atoms with Crippen LogP contribution in [-0.4, -0.2) is 96.7 Å². The molecule has 102 heavy (non-hydrogen) atoms. The van der Waals surface area contributed by atoms with Gasteiger partial charge in [-0.3, -0.25) is 37.3 Å². The van der Waals surface area contributed by atoms with Crippen LogP contribution < -0.4 is 0 Å². The molecule has 17 nitrogen and oxygen atoms in total. The third kappa shape index (κ3) is 76.3. The van der Waals surface area contributed by atoms with E-state index in [1.807, 2.05) is 0 Å². The first-order chi connectivity index (χ1) is 49.4. The maximum absolute atomic E-state index is 13.1. The minimum Gasteiger partial charge on any atom is -0.462 e. The predicted molar refractivity (Wildman–Crippen MR) is 418 cm³/mol. The molecule has 0 amide bonds. The Balaban J connectivity index is 5.19. The zero-order chi connectivity index (χ0) is 74.9. The molecular formula is C83H162O17P2. The van der Waals surface area contributed by atoms with E-state index in [0.29, 0.717) is 25.7 Å². The van der Waals surface area contributed by atoms with Crippen LogP contribution in [0.3, 0.4) is 0 Å². The highest BCUT2D eigenvalue weighted by atomic mass is 31.2. The van der Waals surface area contributed by atoms with Crippen molar-refractivity contribution in [2.75, 3.05) is 39.6 Å². The molecule has 0 aromatic heterocycles. The van der Waals surface area contributed by atoms with E-state index in [9.17, 15) is 43.2 Å². The first-order valence-electron chi connectivity index (χ1n) is 43.0. The molecule has 0 aliphatic heterocycles. The van der Waals surface area contributed by atoms with Gasteiger partial charge in [-0.05, 0) is 37.5 Å². The molecule has 0 bridgehead atoms. The Morgan fingerprint density at radius 2 is 0.451 bits per heavy atom. The first kappa shape index (κ1) is 100. The molecular weight excluding hydrogens is 1330 g/mol. The molecule has 0 saturated carbocycles. The number of aliphatic hydroxyl groups is 1. The zero-order valence-corrected chi connectivity index (χ0v) is 68.7. The second-order valence-electron chi connectivity index (χ2n) is 30.8. The average Bonchev–Trinajstić information content (AvgIpc) is 0.914. The second kappa shape index (κ2) is 74.5. The maximum Gasteiger partial charge on any atom is 0.472 e. The lowest BCUT2D eigenvalue weighted by Gasteiger charge is -2.21. The van der Waals surface area contributed by atoms with E-state index in [-0.39, 0.29) is 25.7 Å². The van der Waals surface area contributed by atoms with E-state index in [1.54, 1.807) is 0 Å². The van der Waals surface area contributed by atoms with Gasteiger partial charge in [-0.1, -0.05) is 388 Å². The number of unbranched alkanes of at least 4 members (excludes halogenated alkanes) is 52. The molecule has 0 aliphatic rings. The van der Waals surface area contributed by atoms with Gasteiger partial charge >= 0.3 is 39.5 Å². The number of phosphoric ester groups is 2. The summed E-state index contributed by atoms with van der Waals surface area (Å²) in [6, 6.07) is 0. The lowest BCUT2D eigenvalue weighted by molar-refractivity contribution is -0.161. The summed E-state index contributed by atoms with van der Waals surface area (Å²) in [5.41, 5.74) is 0. The van der Waals surface area contributed by atoms with Crippen LogP contribution in [0.2, 0.25) is 0 Å². The largest absolute Gasteiger partial charge is 0.472 e. The van der Waals surface area contributed by atoms with Gasteiger partial charge in [-0.2, -0.15) is 0 Å². The molecule has 5 atom stereocenters. The van der Waals surface area contributed by atoms with Gasteiger partial charge in [0.15, 0.2) is 12.2 Å². The number of hydrogen-bond acceptors (Lipinski definition) is 15. The van der Waals surface area contributed by atoms with Gasteiger partial charge in [0, 0.05) is 25.7 Å². The van der Waals surface area contributed by atoms with E-state index in [1.165, 1.54) is 257 Å². The molecule has 0 saturated heterocycles. The summed E-state index contributed by atoms with van der Waals surface area (Å²) in [7, 11) is -9.92. The molecule has 0 heterocycles. The number of hydrogen-bond donors (Lipinski definition) is 3. The SMILES string of the molecule is CCCCCCCCCCCCCCCCCCCCCCCCC(=O)O[C@H](COC(=O)CCCCCCCCCCCCCCCCCCC(C)C)COP(=O)(O)OC[C@@H](O)COP(=O)(O)OC[C@@H](COC(=O)CCCCCCCCCCCC)OC(=O)CCCCCCCCCCC(C)C. The van der Waals surface area contributed by atoms with E-state index in [0.717, 1.165) is 102 Å². The summed E-state index contributed by atoms with van der Waals surface area (Å²) in [5, 5.41) is 10.6. The van der Waals surface area contributed by atoms with Crippen LogP contribution >= 0.6 is 15.6 Å². The fraction of sp³-hybridized carbons (Fsp3) is 0.952. The van der Waals surface area contributed by atoms with Crippen LogP contribution in [0.1, 0.15) is 440 Å². The highest BCUT2D eigenvalue weighted by molar-refractivity contribution is 7.47. The second-order valence-corrected chi connectivity index (χ2v) is 33.7. The summed E-state index contributed by atoms with van der Waals surface area (Å²) in [6.45, 7) is 9.62. The number of phosphoric acid groups is 2. The minimum atomic E-state index is -4.96. The van der Waals surface area contributed by atoms with E-state index in [2.05, 4.69) is 41.5 Å². The molecule has 2 unspecified atom stereocenters. The normalized spacial score (nSPS) is 13.9. The fourth-order valence-electron chi connectivity index (χ4n) is 12.9. The minimum absolute atomic E-state index is 0.105. The standard InChI is InChI=1S/C83H162O17P2/c1-7-9-11-13-15-17-19-20-21-22-23-24-25-26-27-32-35-38-42-49-55-61-67-82(87)99-78(71-94-81(86)66-60-54-48-41-37-34-31-29-28-30-33-36-39-45-51-57-63-75(3)4)73-97-101(89,90)95-69-77(84)70-96-102(91,92)98-74-79(72-93-80(85)65-59-53-47-40-18-16-14-12-10-8-2)100-83(88)68-62-56-50-44-43-46-52-58-64-76(5)6/h75-79,84H,7-74H2,1-6H3,(H,89,90)(H,91,92)/t77-,78-,79-/m1/s1. The molecule has 0 fully saturated rings. The van der Waals surface area contributed by atoms with Crippen molar-refractivity contribution in [2.45, 2.75) is 458 Å². The number of rotatable bonds is 82. The number of esters is 4. The Hall–Kier alpha value is -1.94. The quantitative estimate of drug-likeness (QED) is 0.0222. The van der Waals surface area contributed by atoms with Crippen molar-refractivity contribution in [3.8, 4) is 0 Å². The van der Waals surface area contributed by atoms with Gasteiger partial charge in [0.25, 0.3) is 0 Å². The van der Waals surface area contributed by atoms with Crippen LogP contribution in [0.25, 0.3) is 0 Å². The maximum atomic E-state index is 13.1. The number of carbonyl (C=O) groups excluding carboxylic acids is 4. The van der Waals surface area contributed by atoms with Crippen LogP contribution in [0, 0.1) is 11.8 Å². The third-order valence-electron chi connectivity index (χ3n) is 19.5. The monoisotopic (exact) mass is 1490 g/mol. The molecule has 0 aromatic rings. The van der Waals surface area contributed by atoms with Crippen molar-refractivity contribution in [3.63, 3.8) is 0 Å². The highest BCUT2D eigenvalue weighted by Crippen LogP contribution is 2.45. The molecule has 0 aliphatic carbocycles. The molecule has 0 radical (unpaired) electrons. The summed E-state index contributed by atoms with van der Waals surface area (Å²) in [4.78, 5) is 73.0. The molecule has 3 N–H and O–H groups in total. The highest BCUT2D eigenvalue weighted by Gasteiger charge is 2.30. The summed E-state index contributed by atoms with van der Waals surface area (Å²) >= 11 is 0. The zero-order valence-electron chi connectivity index (χ0n) is 66.9. The number of aliphatic hydroxyl groups excluding tert-OH is 1. The molecule has 606 valence electrons. The van der Waals surface area contributed by atoms with E-state index >= 15 is 0 Å². The van der Waals surface area contributed by atoms with Gasteiger partial charge in [0.1, 0.15) is 19.3 Å². The van der Waals surface area contributed by atoms with Gasteiger partial charge in [-0.15, -0.1) is 0 Å². The van der Waals surface area contributed by atoms with Crippen molar-refractivity contribution >= 4 is 39.5 Å². The summed E-state index contributed by atoms with van der Waals surface area (Å²) in [6.07, 6.45) is 65.5. The Bertz CT molecular complexity index is 1960. The number of carbonyl (C=O) groups is 4. The van der Waals surface area contributed by atoms with Gasteiger partial charge in [0.2, 0.25) is 0 Å². The smallest absolute Gasteiger partial charge is 0.462 e. The van der Waals surface area contributed by atoms with Gasteiger partial charge < -0.3 is 33.8 Å². The topological polar surface area (TPSA) is 237 Å². The third-order valence-corrected chi connectivity index (χ3v) is 21.4. The lowest BCUT2D eigenvalue weighted by Crippen LogP contribution is -2.30.